The highest BCUT2D eigenvalue weighted by Gasteiger charge is 2.02. The van der Waals surface area contributed by atoms with Gasteiger partial charge >= 0.3 is 0 Å². The molecule has 0 saturated carbocycles. The van der Waals surface area contributed by atoms with Crippen LogP contribution in [0, 0.1) is 13.8 Å². The molecule has 0 atom stereocenters. The molecule has 0 saturated heterocycles. The summed E-state index contributed by atoms with van der Waals surface area (Å²) in [6.45, 7) is 5.34. The molecule has 30 heavy (non-hydrogen) atoms. The van der Waals surface area contributed by atoms with Crippen molar-refractivity contribution in [2.75, 3.05) is 13.2 Å². The molecule has 1 heterocycles. The van der Waals surface area contributed by atoms with Crippen molar-refractivity contribution in [1.29, 1.82) is 0 Å². The number of hydrogen-bond acceptors (Lipinski definition) is 5. The third-order valence-corrected chi connectivity index (χ3v) is 4.51. The van der Waals surface area contributed by atoms with E-state index in [1.165, 1.54) is 11.1 Å². The zero-order valence-corrected chi connectivity index (χ0v) is 17.2. The van der Waals surface area contributed by atoms with Crippen molar-refractivity contribution in [2.24, 2.45) is 5.10 Å². The number of carbonyl (C=O) groups excluding carboxylic acids is 1. The van der Waals surface area contributed by atoms with E-state index in [1.54, 1.807) is 30.7 Å². The maximum Gasteiger partial charge on any atom is 0.271 e. The first kappa shape index (κ1) is 21.0. The van der Waals surface area contributed by atoms with E-state index in [4.69, 9.17) is 9.47 Å². The molecule has 1 aromatic heterocycles. The minimum absolute atomic E-state index is 0.281. The average Bonchev–Trinajstić information content (AvgIpc) is 2.77. The summed E-state index contributed by atoms with van der Waals surface area (Å²) < 4.78 is 11.5. The largest absolute Gasteiger partial charge is 0.493 e. The minimum atomic E-state index is -0.281. The molecule has 0 fully saturated rings. The number of aryl methyl sites for hydroxylation is 2. The first-order valence-corrected chi connectivity index (χ1v) is 9.78. The molecule has 1 N–H and O–H groups in total. The summed E-state index contributed by atoms with van der Waals surface area (Å²) in [5.41, 5.74) is 6.34. The van der Waals surface area contributed by atoms with Crippen LogP contribution in [-0.2, 0) is 0 Å². The van der Waals surface area contributed by atoms with Crippen molar-refractivity contribution in [3.63, 3.8) is 0 Å². The number of nitrogens with zero attached hydrogens (tertiary/aromatic N) is 2. The fourth-order valence-electron chi connectivity index (χ4n) is 2.63. The van der Waals surface area contributed by atoms with Gasteiger partial charge in [0.15, 0.2) is 0 Å². The topological polar surface area (TPSA) is 72.8 Å². The van der Waals surface area contributed by atoms with Gasteiger partial charge in [-0.1, -0.05) is 6.07 Å². The Morgan fingerprint density at radius 1 is 0.933 bits per heavy atom. The van der Waals surface area contributed by atoms with Crippen LogP contribution >= 0.6 is 0 Å². The standard InChI is InChI=1S/C24H25N3O3/c1-18-4-7-23(16-19(18)2)30-15-3-14-29-22-8-5-20(6-9-22)17-26-27-24(28)21-10-12-25-13-11-21/h4-13,16-17H,3,14-15H2,1-2H3,(H,27,28)/b26-17+. The zero-order chi connectivity index (χ0) is 21.2. The van der Waals surface area contributed by atoms with Crippen LogP contribution in [0.3, 0.4) is 0 Å². The molecule has 3 rings (SSSR count). The molecule has 0 unspecified atom stereocenters. The minimum Gasteiger partial charge on any atom is -0.493 e. The molecule has 0 aliphatic carbocycles. The highest BCUT2D eigenvalue weighted by molar-refractivity contribution is 5.94. The number of nitrogens with one attached hydrogen (secondary N) is 1. The molecule has 0 aliphatic rings. The molecule has 6 heteroatoms. The van der Waals surface area contributed by atoms with Gasteiger partial charge in [-0.2, -0.15) is 5.10 Å². The fraction of sp³-hybridized carbons (Fsp3) is 0.208. The molecular formula is C24H25N3O3. The molecule has 0 aliphatic heterocycles. The summed E-state index contributed by atoms with van der Waals surface area (Å²) in [6, 6.07) is 16.9. The average molecular weight is 403 g/mol. The normalized spacial score (nSPS) is 10.7. The van der Waals surface area contributed by atoms with Gasteiger partial charge in [0.2, 0.25) is 0 Å². The van der Waals surface area contributed by atoms with Crippen LogP contribution < -0.4 is 14.9 Å². The maximum atomic E-state index is 11.9. The Balaban J connectivity index is 1.37. The van der Waals surface area contributed by atoms with Crippen LogP contribution in [0.25, 0.3) is 0 Å². The summed E-state index contributed by atoms with van der Waals surface area (Å²) in [4.78, 5) is 15.8. The van der Waals surface area contributed by atoms with Crippen LogP contribution in [0.4, 0.5) is 0 Å². The van der Waals surface area contributed by atoms with E-state index in [2.05, 4.69) is 41.5 Å². The van der Waals surface area contributed by atoms with Crippen molar-refractivity contribution < 1.29 is 14.3 Å². The second kappa shape index (κ2) is 10.8. The summed E-state index contributed by atoms with van der Waals surface area (Å²) in [6.07, 6.45) is 5.50. The zero-order valence-electron chi connectivity index (χ0n) is 17.2. The molecule has 0 radical (unpaired) electrons. The number of benzene rings is 2. The number of aromatic nitrogens is 1. The van der Waals surface area contributed by atoms with Gasteiger partial charge in [0.05, 0.1) is 19.4 Å². The van der Waals surface area contributed by atoms with E-state index >= 15 is 0 Å². The van der Waals surface area contributed by atoms with Gasteiger partial charge in [-0.25, -0.2) is 5.43 Å². The Morgan fingerprint density at radius 3 is 2.30 bits per heavy atom. The Labute approximate surface area is 176 Å². The number of hydrazone groups is 1. The lowest BCUT2D eigenvalue weighted by Crippen LogP contribution is -2.17. The van der Waals surface area contributed by atoms with Crippen molar-refractivity contribution in [3.8, 4) is 11.5 Å². The molecule has 3 aromatic rings. The number of ether oxygens (including phenoxy) is 2. The van der Waals surface area contributed by atoms with Crippen molar-refractivity contribution in [3.05, 3.63) is 89.2 Å². The van der Waals surface area contributed by atoms with Gasteiger partial charge in [-0.15, -0.1) is 0 Å². The lowest BCUT2D eigenvalue weighted by atomic mass is 10.1. The number of amides is 1. The predicted octanol–water partition coefficient (Wildman–Crippen LogP) is 4.31. The van der Waals surface area contributed by atoms with Crippen LogP contribution in [-0.4, -0.2) is 30.3 Å². The molecular weight excluding hydrogens is 378 g/mol. The first-order chi connectivity index (χ1) is 14.6. The predicted molar refractivity (Wildman–Crippen MR) is 117 cm³/mol. The monoisotopic (exact) mass is 403 g/mol. The second-order valence-corrected chi connectivity index (χ2v) is 6.80. The summed E-state index contributed by atoms with van der Waals surface area (Å²) in [7, 11) is 0. The van der Waals surface area contributed by atoms with Crippen molar-refractivity contribution >= 4 is 12.1 Å². The van der Waals surface area contributed by atoms with E-state index in [0.29, 0.717) is 18.8 Å². The number of hydrogen-bond donors (Lipinski definition) is 1. The lowest BCUT2D eigenvalue weighted by Gasteiger charge is -2.09. The second-order valence-electron chi connectivity index (χ2n) is 6.80. The quantitative estimate of drug-likeness (QED) is 0.328. The molecule has 2 aromatic carbocycles. The molecule has 1 amide bonds. The molecule has 154 valence electrons. The number of pyridine rings is 1. The Hall–Kier alpha value is -3.67. The van der Waals surface area contributed by atoms with E-state index in [0.717, 1.165) is 23.5 Å². The Kier molecular flexibility index (Phi) is 7.55. The smallest absolute Gasteiger partial charge is 0.271 e. The van der Waals surface area contributed by atoms with Gasteiger partial charge in [0, 0.05) is 24.4 Å². The SMILES string of the molecule is Cc1ccc(OCCCOc2ccc(/C=N/NC(=O)c3ccncc3)cc2)cc1C. The van der Waals surface area contributed by atoms with Crippen LogP contribution in [0.15, 0.2) is 72.1 Å². The Bertz CT molecular complexity index is 986. The highest BCUT2D eigenvalue weighted by atomic mass is 16.5. The maximum absolute atomic E-state index is 11.9. The van der Waals surface area contributed by atoms with Crippen LogP contribution in [0.2, 0.25) is 0 Å². The van der Waals surface area contributed by atoms with E-state index < -0.39 is 0 Å². The van der Waals surface area contributed by atoms with E-state index in [-0.39, 0.29) is 5.91 Å². The van der Waals surface area contributed by atoms with Gasteiger partial charge in [-0.3, -0.25) is 9.78 Å². The number of carbonyl (C=O) groups is 1. The lowest BCUT2D eigenvalue weighted by molar-refractivity contribution is 0.0955. The molecule has 6 nitrogen and oxygen atoms in total. The first-order valence-electron chi connectivity index (χ1n) is 9.78. The third-order valence-electron chi connectivity index (χ3n) is 4.51. The van der Waals surface area contributed by atoms with Crippen LogP contribution in [0.5, 0.6) is 11.5 Å². The summed E-state index contributed by atoms with van der Waals surface area (Å²) >= 11 is 0. The summed E-state index contributed by atoms with van der Waals surface area (Å²) in [5.74, 6) is 1.38. The fourth-order valence-corrected chi connectivity index (χ4v) is 2.63. The number of rotatable bonds is 9. The van der Waals surface area contributed by atoms with Gasteiger partial charge < -0.3 is 9.47 Å². The van der Waals surface area contributed by atoms with E-state index in [9.17, 15) is 4.79 Å². The van der Waals surface area contributed by atoms with Crippen molar-refractivity contribution in [1.82, 2.24) is 10.4 Å². The van der Waals surface area contributed by atoms with Crippen LogP contribution in [0.1, 0.15) is 33.5 Å². The van der Waals surface area contributed by atoms with Gasteiger partial charge in [0.25, 0.3) is 5.91 Å². The third kappa shape index (κ3) is 6.44. The molecule has 0 spiro atoms. The highest BCUT2D eigenvalue weighted by Crippen LogP contribution is 2.17. The molecule has 0 bridgehead atoms. The van der Waals surface area contributed by atoms with Gasteiger partial charge in [-0.05, 0) is 79.1 Å². The summed E-state index contributed by atoms with van der Waals surface area (Å²) in [5, 5.41) is 3.97. The van der Waals surface area contributed by atoms with Crippen molar-refractivity contribution in [2.45, 2.75) is 20.3 Å². The Morgan fingerprint density at radius 2 is 1.60 bits per heavy atom. The van der Waals surface area contributed by atoms with E-state index in [1.807, 2.05) is 30.3 Å². The van der Waals surface area contributed by atoms with Gasteiger partial charge in [0.1, 0.15) is 11.5 Å².